The fraction of sp³-hybridized carbons (Fsp3) is 0.156. The van der Waals surface area contributed by atoms with Gasteiger partial charge in [-0.2, -0.15) is 0 Å². The van der Waals surface area contributed by atoms with Gasteiger partial charge in [0.25, 0.3) is 0 Å². The average Bonchev–Trinajstić information content (AvgIpc) is 3.70. The molecule has 6 heteroatoms. The average molecular weight is 503 g/mol. The molecule has 0 bridgehead atoms. The van der Waals surface area contributed by atoms with E-state index < -0.39 is 17.5 Å². The summed E-state index contributed by atoms with van der Waals surface area (Å²) in [5.41, 5.74) is 6.77. The molecule has 2 N–H and O–H groups in total. The molecule has 1 fully saturated rings. The first kappa shape index (κ1) is 23.8. The number of aliphatic hydroxyl groups excluding tert-OH is 1. The summed E-state index contributed by atoms with van der Waals surface area (Å²) in [6.07, 6.45) is 3.87. The number of benzene rings is 3. The van der Waals surface area contributed by atoms with Crippen molar-refractivity contribution in [2.75, 3.05) is 0 Å². The maximum Gasteiger partial charge on any atom is 0.314 e. The Kier molecular flexibility index (Phi) is 5.89. The second-order valence-electron chi connectivity index (χ2n) is 9.83. The number of hydrogen-bond acceptors (Lipinski definition) is 5. The van der Waals surface area contributed by atoms with Gasteiger partial charge in [0.15, 0.2) is 5.76 Å². The van der Waals surface area contributed by atoms with Crippen LogP contribution in [0.4, 0.5) is 0 Å². The van der Waals surface area contributed by atoms with Gasteiger partial charge in [-0.15, -0.1) is 0 Å². The molecule has 3 aromatic carbocycles. The summed E-state index contributed by atoms with van der Waals surface area (Å²) >= 11 is 0. The molecule has 0 aliphatic heterocycles. The number of aryl methyl sites for hydroxylation is 1. The number of aliphatic carboxylic acids is 1. The third kappa shape index (κ3) is 4.19. The smallest absolute Gasteiger partial charge is 0.314 e. The Balaban J connectivity index is 1.27. The third-order valence-electron chi connectivity index (χ3n) is 7.44. The van der Waals surface area contributed by atoms with Crippen molar-refractivity contribution in [3.05, 3.63) is 120 Å². The molecule has 38 heavy (non-hydrogen) atoms. The lowest BCUT2D eigenvalue weighted by Crippen LogP contribution is -2.19. The summed E-state index contributed by atoms with van der Waals surface area (Å²) in [6, 6.07) is 27.5. The molecule has 6 rings (SSSR count). The number of carboxylic acid groups (broad SMARTS) is 1. The molecule has 2 heterocycles. The lowest BCUT2D eigenvalue weighted by atomic mass is 9.93. The standard InChI is InChI=1S/C32H26N2O4/c1-20-28(29(35)26-17-25(18-33-19-26)21-5-3-2-4-6-21)30(38-34-20)24-9-7-22(8-10-24)23-11-13-27(14-12-23)32(15-16-32)31(36)37/h2-14,17-19,29,35H,15-16H2,1H3,(H,36,37). The van der Waals surface area contributed by atoms with E-state index in [9.17, 15) is 15.0 Å². The molecule has 5 aromatic rings. The van der Waals surface area contributed by atoms with Gasteiger partial charge in [-0.1, -0.05) is 84.0 Å². The maximum absolute atomic E-state index is 11.6. The number of rotatable bonds is 7. The zero-order chi connectivity index (χ0) is 26.3. The van der Waals surface area contributed by atoms with Crippen LogP contribution in [0.25, 0.3) is 33.6 Å². The summed E-state index contributed by atoms with van der Waals surface area (Å²) in [5, 5.41) is 25.1. The van der Waals surface area contributed by atoms with Crippen molar-refractivity contribution in [2.24, 2.45) is 0 Å². The van der Waals surface area contributed by atoms with E-state index in [1.807, 2.05) is 91.9 Å². The highest BCUT2D eigenvalue weighted by molar-refractivity contribution is 5.85. The van der Waals surface area contributed by atoms with Crippen LogP contribution in [-0.4, -0.2) is 26.3 Å². The molecule has 1 aliphatic rings. The number of aromatic nitrogens is 2. The molecule has 0 saturated heterocycles. The predicted octanol–water partition coefficient (Wildman–Crippen LogP) is 6.58. The molecular formula is C32H26N2O4. The van der Waals surface area contributed by atoms with Gasteiger partial charge in [0, 0.05) is 29.1 Å². The first-order valence-electron chi connectivity index (χ1n) is 12.6. The Hall–Kier alpha value is -4.55. The third-order valence-corrected chi connectivity index (χ3v) is 7.44. The molecule has 0 radical (unpaired) electrons. The highest BCUT2D eigenvalue weighted by Gasteiger charge is 2.51. The van der Waals surface area contributed by atoms with E-state index in [1.165, 1.54) is 0 Å². The van der Waals surface area contributed by atoms with Crippen molar-refractivity contribution in [3.63, 3.8) is 0 Å². The van der Waals surface area contributed by atoms with Gasteiger partial charge in [-0.25, -0.2) is 0 Å². The van der Waals surface area contributed by atoms with E-state index in [0.717, 1.165) is 33.4 Å². The van der Waals surface area contributed by atoms with E-state index in [2.05, 4.69) is 10.1 Å². The quantitative estimate of drug-likeness (QED) is 0.261. The van der Waals surface area contributed by atoms with Crippen LogP contribution in [0.5, 0.6) is 0 Å². The minimum absolute atomic E-state index is 0.513. The van der Waals surface area contributed by atoms with E-state index in [-0.39, 0.29) is 0 Å². The van der Waals surface area contributed by atoms with Gasteiger partial charge >= 0.3 is 5.97 Å². The van der Waals surface area contributed by atoms with Crippen LogP contribution < -0.4 is 0 Å². The van der Waals surface area contributed by atoms with Crippen LogP contribution in [0.15, 0.2) is 102 Å². The SMILES string of the molecule is Cc1noc(-c2ccc(-c3ccc(C4(C(=O)O)CC4)cc3)cc2)c1C(O)c1cncc(-c2ccccc2)c1. The fourth-order valence-corrected chi connectivity index (χ4v) is 5.02. The van der Waals surface area contributed by atoms with E-state index in [1.54, 1.807) is 12.4 Å². The summed E-state index contributed by atoms with van der Waals surface area (Å²) in [7, 11) is 0. The fourth-order valence-electron chi connectivity index (χ4n) is 5.02. The number of aliphatic hydroxyl groups is 1. The predicted molar refractivity (Wildman–Crippen MR) is 144 cm³/mol. The summed E-state index contributed by atoms with van der Waals surface area (Å²) < 4.78 is 5.68. The summed E-state index contributed by atoms with van der Waals surface area (Å²) in [4.78, 5) is 16.0. The lowest BCUT2D eigenvalue weighted by Gasteiger charge is -2.13. The number of carbonyl (C=O) groups is 1. The Morgan fingerprint density at radius 2 is 1.45 bits per heavy atom. The largest absolute Gasteiger partial charge is 0.481 e. The van der Waals surface area contributed by atoms with E-state index in [0.29, 0.717) is 35.4 Å². The first-order chi connectivity index (χ1) is 18.5. The summed E-state index contributed by atoms with van der Waals surface area (Å²) in [5.74, 6) is -0.239. The van der Waals surface area contributed by atoms with Crippen LogP contribution in [0, 0.1) is 6.92 Å². The molecule has 188 valence electrons. The second kappa shape index (κ2) is 9.39. The van der Waals surface area contributed by atoms with E-state index in [4.69, 9.17) is 4.52 Å². The van der Waals surface area contributed by atoms with Crippen molar-refractivity contribution >= 4 is 5.97 Å². The minimum atomic E-state index is -0.955. The molecule has 6 nitrogen and oxygen atoms in total. The zero-order valence-electron chi connectivity index (χ0n) is 20.8. The van der Waals surface area contributed by atoms with Gasteiger partial charge in [0.05, 0.1) is 16.7 Å². The second-order valence-corrected chi connectivity index (χ2v) is 9.83. The van der Waals surface area contributed by atoms with Gasteiger partial charge in [0.2, 0.25) is 0 Å². The zero-order valence-corrected chi connectivity index (χ0v) is 20.8. The van der Waals surface area contributed by atoms with Gasteiger partial charge in [-0.3, -0.25) is 9.78 Å². The maximum atomic E-state index is 11.6. The first-order valence-corrected chi connectivity index (χ1v) is 12.6. The Bertz CT molecular complexity index is 1600. The van der Waals surface area contributed by atoms with Crippen molar-refractivity contribution < 1.29 is 19.5 Å². The lowest BCUT2D eigenvalue weighted by molar-refractivity contribution is -0.140. The van der Waals surface area contributed by atoms with Crippen LogP contribution in [0.1, 0.15) is 41.3 Å². The molecule has 2 aromatic heterocycles. The molecule has 1 saturated carbocycles. The van der Waals surface area contributed by atoms with Crippen molar-refractivity contribution in [2.45, 2.75) is 31.3 Å². The topological polar surface area (TPSA) is 96.5 Å². The minimum Gasteiger partial charge on any atom is -0.481 e. The number of carboxylic acids is 1. The highest BCUT2D eigenvalue weighted by Crippen LogP contribution is 2.48. The van der Waals surface area contributed by atoms with Crippen LogP contribution in [0.3, 0.4) is 0 Å². The van der Waals surface area contributed by atoms with Gasteiger partial charge in [-0.05, 0) is 48.1 Å². The molecule has 0 amide bonds. The molecule has 0 spiro atoms. The monoisotopic (exact) mass is 502 g/mol. The Morgan fingerprint density at radius 3 is 2.08 bits per heavy atom. The number of pyridine rings is 1. The van der Waals surface area contributed by atoms with E-state index >= 15 is 0 Å². The van der Waals surface area contributed by atoms with Crippen molar-refractivity contribution in [1.29, 1.82) is 0 Å². The molecule has 1 atom stereocenters. The van der Waals surface area contributed by atoms with Crippen LogP contribution in [0.2, 0.25) is 0 Å². The summed E-state index contributed by atoms with van der Waals surface area (Å²) in [6.45, 7) is 1.82. The van der Waals surface area contributed by atoms with Gasteiger partial charge in [0.1, 0.15) is 6.10 Å². The normalized spacial score (nSPS) is 14.7. The molecule has 1 unspecified atom stereocenters. The number of hydrogen-bond donors (Lipinski definition) is 2. The Labute approximate surface area is 220 Å². The van der Waals surface area contributed by atoms with Crippen molar-refractivity contribution in [1.82, 2.24) is 10.1 Å². The van der Waals surface area contributed by atoms with Crippen LogP contribution in [-0.2, 0) is 10.2 Å². The highest BCUT2D eigenvalue weighted by atomic mass is 16.5. The van der Waals surface area contributed by atoms with Crippen molar-refractivity contribution in [3.8, 4) is 33.6 Å². The Morgan fingerprint density at radius 1 is 0.842 bits per heavy atom. The molecule has 1 aliphatic carbocycles. The molecular weight excluding hydrogens is 476 g/mol. The van der Waals surface area contributed by atoms with Gasteiger partial charge < -0.3 is 14.7 Å². The number of nitrogens with zero attached hydrogens (tertiary/aromatic N) is 2. The van der Waals surface area contributed by atoms with Crippen LogP contribution >= 0.6 is 0 Å².